The molecule has 0 aliphatic carbocycles. The molecule has 0 atom stereocenters. The Bertz CT molecular complexity index is 1100. The van der Waals surface area contributed by atoms with E-state index in [1.54, 1.807) is 12.3 Å². The zero-order chi connectivity index (χ0) is 22.0. The van der Waals surface area contributed by atoms with Crippen LogP contribution in [0.25, 0.3) is 11.1 Å². The van der Waals surface area contributed by atoms with Crippen molar-refractivity contribution in [3.05, 3.63) is 59.0 Å². The predicted octanol–water partition coefficient (Wildman–Crippen LogP) is 2.41. The van der Waals surface area contributed by atoms with Crippen LogP contribution in [0.5, 0.6) is 0 Å². The number of hydrazone groups is 1. The van der Waals surface area contributed by atoms with Crippen molar-refractivity contribution in [3.8, 4) is 11.1 Å². The lowest BCUT2D eigenvalue weighted by molar-refractivity contribution is 0.343. The normalized spacial score (nSPS) is 15.3. The molecule has 0 spiro atoms. The summed E-state index contributed by atoms with van der Waals surface area (Å²) in [4.78, 5) is 4.34. The van der Waals surface area contributed by atoms with Gasteiger partial charge in [0.15, 0.2) is 5.84 Å². The molecule has 0 saturated carbocycles. The highest BCUT2D eigenvalue weighted by Crippen LogP contribution is 2.27. The maximum Gasteiger partial charge on any atom is 0.177 e. The van der Waals surface area contributed by atoms with Gasteiger partial charge in [0.25, 0.3) is 0 Å². The summed E-state index contributed by atoms with van der Waals surface area (Å²) in [6, 6.07) is 7.72. The molecule has 3 heterocycles. The SMILES string of the molecule is Cc1ccc(N(N)/C(=N\N)c2cc(-c3cnn(C4CCNCC4)c3)cnc2N)cc1Cl. The lowest BCUT2D eigenvalue weighted by Crippen LogP contribution is -2.39. The maximum absolute atomic E-state index is 6.32. The molecule has 1 saturated heterocycles. The number of halogens is 1. The van der Waals surface area contributed by atoms with Gasteiger partial charge in [0.1, 0.15) is 5.82 Å². The van der Waals surface area contributed by atoms with Crippen molar-refractivity contribution in [2.24, 2.45) is 16.8 Å². The number of nitrogen functional groups attached to an aromatic ring is 1. The number of nitrogens with two attached hydrogens (primary N) is 3. The highest BCUT2D eigenvalue weighted by molar-refractivity contribution is 6.31. The first-order chi connectivity index (χ1) is 15.0. The van der Waals surface area contributed by atoms with Crippen molar-refractivity contribution in [2.75, 3.05) is 23.8 Å². The van der Waals surface area contributed by atoms with Crippen LogP contribution in [0.15, 0.2) is 48.0 Å². The van der Waals surface area contributed by atoms with E-state index < -0.39 is 0 Å². The van der Waals surface area contributed by atoms with Crippen molar-refractivity contribution in [3.63, 3.8) is 0 Å². The molecule has 2 aromatic heterocycles. The van der Waals surface area contributed by atoms with Gasteiger partial charge in [0.2, 0.25) is 0 Å². The highest BCUT2D eigenvalue weighted by atomic mass is 35.5. The molecule has 0 bridgehead atoms. The van der Waals surface area contributed by atoms with E-state index in [1.165, 1.54) is 5.01 Å². The van der Waals surface area contributed by atoms with E-state index in [-0.39, 0.29) is 11.7 Å². The van der Waals surface area contributed by atoms with Crippen LogP contribution in [-0.4, -0.2) is 33.7 Å². The summed E-state index contributed by atoms with van der Waals surface area (Å²) in [6.45, 7) is 3.92. The fourth-order valence-electron chi connectivity index (χ4n) is 3.69. The van der Waals surface area contributed by atoms with Crippen molar-refractivity contribution in [2.45, 2.75) is 25.8 Å². The Morgan fingerprint density at radius 1 is 1.23 bits per heavy atom. The number of anilines is 2. The van der Waals surface area contributed by atoms with Gasteiger partial charge in [-0.05, 0) is 56.6 Å². The number of aromatic nitrogens is 3. The molecule has 31 heavy (non-hydrogen) atoms. The number of nitrogens with one attached hydrogen (secondary N) is 1. The van der Waals surface area contributed by atoms with E-state index in [2.05, 4.69) is 20.5 Å². The molecule has 4 rings (SSSR count). The van der Waals surface area contributed by atoms with Crippen LogP contribution in [0.1, 0.15) is 30.0 Å². The van der Waals surface area contributed by atoms with Gasteiger partial charge in [-0.1, -0.05) is 17.7 Å². The van der Waals surface area contributed by atoms with Crippen LogP contribution < -0.4 is 27.7 Å². The van der Waals surface area contributed by atoms with E-state index in [0.29, 0.717) is 22.3 Å². The van der Waals surface area contributed by atoms with Crippen molar-refractivity contribution >= 4 is 28.9 Å². The summed E-state index contributed by atoms with van der Waals surface area (Å²) in [5, 5.41) is 13.8. The molecule has 7 N–H and O–H groups in total. The Kier molecular flexibility index (Phi) is 6.08. The number of benzene rings is 1. The van der Waals surface area contributed by atoms with E-state index in [9.17, 15) is 0 Å². The Morgan fingerprint density at radius 2 is 2.00 bits per heavy atom. The van der Waals surface area contributed by atoms with Gasteiger partial charge in [0, 0.05) is 28.5 Å². The molecule has 0 amide bonds. The van der Waals surface area contributed by atoms with Gasteiger partial charge in [-0.25, -0.2) is 10.8 Å². The minimum Gasteiger partial charge on any atom is -0.383 e. The molecule has 162 valence electrons. The van der Waals surface area contributed by atoms with Gasteiger partial charge in [0.05, 0.1) is 23.5 Å². The molecule has 10 heteroatoms. The molecule has 0 unspecified atom stereocenters. The summed E-state index contributed by atoms with van der Waals surface area (Å²) >= 11 is 6.25. The Hall–Kier alpha value is -3.14. The number of pyridine rings is 1. The molecule has 1 fully saturated rings. The minimum absolute atomic E-state index is 0.271. The molecule has 1 aromatic carbocycles. The summed E-state index contributed by atoms with van der Waals surface area (Å²) < 4.78 is 2.02. The monoisotopic (exact) mass is 439 g/mol. The fourth-order valence-corrected chi connectivity index (χ4v) is 3.86. The van der Waals surface area contributed by atoms with Gasteiger partial charge in [-0.15, -0.1) is 0 Å². The third-order valence-electron chi connectivity index (χ3n) is 5.56. The minimum atomic E-state index is 0.271. The van der Waals surface area contributed by atoms with Gasteiger partial charge < -0.3 is 16.9 Å². The number of hydrazine groups is 1. The third-order valence-corrected chi connectivity index (χ3v) is 5.97. The number of rotatable bonds is 4. The average Bonchev–Trinajstić information content (AvgIpc) is 3.28. The Balaban J connectivity index is 1.65. The highest BCUT2D eigenvalue weighted by Gasteiger charge is 2.20. The molecule has 9 nitrogen and oxygen atoms in total. The first-order valence-corrected chi connectivity index (χ1v) is 10.5. The Labute approximate surface area is 185 Å². The average molecular weight is 440 g/mol. The second kappa shape index (κ2) is 8.93. The Morgan fingerprint density at radius 3 is 2.71 bits per heavy atom. The summed E-state index contributed by atoms with van der Waals surface area (Å²) in [5.41, 5.74) is 10.0. The molecule has 3 aromatic rings. The first kappa shape index (κ1) is 21.1. The van der Waals surface area contributed by atoms with Crippen molar-refractivity contribution < 1.29 is 0 Å². The zero-order valence-electron chi connectivity index (χ0n) is 17.3. The van der Waals surface area contributed by atoms with Crippen molar-refractivity contribution in [1.82, 2.24) is 20.1 Å². The molecule has 0 radical (unpaired) electrons. The lowest BCUT2D eigenvalue weighted by atomic mass is 10.1. The van der Waals surface area contributed by atoms with E-state index in [4.69, 9.17) is 29.0 Å². The van der Waals surface area contributed by atoms with Gasteiger partial charge >= 0.3 is 0 Å². The molecule has 1 aliphatic heterocycles. The predicted molar refractivity (Wildman–Crippen MR) is 125 cm³/mol. The largest absolute Gasteiger partial charge is 0.383 e. The van der Waals surface area contributed by atoms with Crippen LogP contribution in [0.2, 0.25) is 5.02 Å². The van der Waals surface area contributed by atoms with Crippen LogP contribution in [0.3, 0.4) is 0 Å². The molecule has 1 aliphatic rings. The second-order valence-electron chi connectivity index (χ2n) is 7.60. The molecular formula is C21H26ClN9. The van der Waals surface area contributed by atoms with Gasteiger partial charge in [-0.2, -0.15) is 10.2 Å². The number of amidine groups is 1. The third kappa shape index (κ3) is 4.34. The number of piperidine rings is 1. The van der Waals surface area contributed by atoms with E-state index in [1.807, 2.05) is 42.2 Å². The standard InChI is InChI=1S/C21H26ClN9/c1-13-2-3-17(9-19(13)22)31(25)21(29-24)18-8-14(10-27-20(18)23)15-11-28-30(12-15)16-4-6-26-7-5-16/h2-3,8-12,16,26H,4-7,24-25H2,1H3,(H2,23,27)/b29-21-. The van der Waals surface area contributed by atoms with Gasteiger partial charge in [-0.3, -0.25) is 9.69 Å². The van der Waals surface area contributed by atoms with Crippen LogP contribution in [0, 0.1) is 6.92 Å². The first-order valence-electron chi connectivity index (χ1n) is 10.1. The molecular weight excluding hydrogens is 414 g/mol. The summed E-state index contributed by atoms with van der Waals surface area (Å²) in [6.07, 6.45) is 7.68. The number of aryl methyl sites for hydroxylation is 1. The quantitative estimate of drug-likeness (QED) is 0.212. The van der Waals surface area contributed by atoms with E-state index in [0.717, 1.165) is 42.6 Å². The van der Waals surface area contributed by atoms with Crippen LogP contribution in [0.4, 0.5) is 11.5 Å². The number of hydrogen-bond donors (Lipinski definition) is 4. The van der Waals surface area contributed by atoms with E-state index >= 15 is 0 Å². The van der Waals surface area contributed by atoms with Crippen molar-refractivity contribution in [1.29, 1.82) is 0 Å². The summed E-state index contributed by atoms with van der Waals surface area (Å²) in [7, 11) is 0. The van der Waals surface area contributed by atoms with Crippen LogP contribution >= 0.6 is 11.6 Å². The van der Waals surface area contributed by atoms with Crippen LogP contribution in [-0.2, 0) is 0 Å². The number of hydrogen-bond acceptors (Lipinski definition) is 7. The lowest BCUT2D eigenvalue weighted by Gasteiger charge is -2.22. The second-order valence-corrected chi connectivity index (χ2v) is 8.01. The fraction of sp³-hybridized carbons (Fsp3) is 0.286. The zero-order valence-corrected chi connectivity index (χ0v) is 18.0. The maximum atomic E-state index is 6.32. The smallest absolute Gasteiger partial charge is 0.177 e. The topological polar surface area (TPSA) is 136 Å². The number of nitrogens with zero attached hydrogens (tertiary/aromatic N) is 5. The summed E-state index contributed by atoms with van der Waals surface area (Å²) in [5.74, 6) is 12.6.